The molecule has 3 aromatic rings. The van der Waals surface area contributed by atoms with Crippen molar-refractivity contribution < 1.29 is 26.4 Å². The summed E-state index contributed by atoms with van der Waals surface area (Å²) in [6, 6.07) is 10.3. The highest BCUT2D eigenvalue weighted by atomic mass is 32.2. The van der Waals surface area contributed by atoms with Gasteiger partial charge >= 0.3 is 0 Å². The first-order chi connectivity index (χ1) is 15.4. The van der Waals surface area contributed by atoms with Gasteiger partial charge in [-0.2, -0.15) is 4.31 Å². The van der Waals surface area contributed by atoms with Crippen molar-refractivity contribution in [1.82, 2.24) is 9.29 Å². The smallest absolute Gasteiger partial charge is 0.257 e. The van der Waals surface area contributed by atoms with Crippen LogP contribution in [0.5, 0.6) is 0 Å². The number of nitrogens with one attached hydrogen (secondary N) is 1. The van der Waals surface area contributed by atoms with Crippen LogP contribution >= 0.6 is 11.3 Å². The molecular formula is C21H23N3O6S3. The average molecular weight is 510 g/mol. The van der Waals surface area contributed by atoms with Crippen LogP contribution in [0.15, 0.2) is 52.3 Å². The highest BCUT2D eigenvalue weighted by Gasteiger charge is 2.32. The van der Waals surface area contributed by atoms with Crippen LogP contribution in [0.2, 0.25) is 0 Å². The molecule has 0 bridgehead atoms. The third kappa shape index (κ3) is 5.09. The van der Waals surface area contributed by atoms with Crippen molar-refractivity contribution in [2.45, 2.75) is 35.8 Å². The van der Waals surface area contributed by atoms with Gasteiger partial charge in [0.05, 0.1) is 32.2 Å². The number of morpholine rings is 1. The summed E-state index contributed by atoms with van der Waals surface area (Å²) in [7, 11) is -7.05. The molecule has 2 aromatic carbocycles. The number of sulfonamides is 1. The minimum Gasteiger partial charge on any atom is -0.373 e. The fourth-order valence-corrected chi connectivity index (χ4v) is 6.83. The van der Waals surface area contributed by atoms with Crippen LogP contribution in [0.25, 0.3) is 10.2 Å². The van der Waals surface area contributed by atoms with E-state index in [1.807, 2.05) is 13.8 Å². The van der Waals surface area contributed by atoms with Gasteiger partial charge in [-0.25, -0.2) is 21.8 Å². The van der Waals surface area contributed by atoms with Crippen LogP contribution in [-0.4, -0.2) is 63.6 Å². The summed E-state index contributed by atoms with van der Waals surface area (Å²) in [6.07, 6.45) is 0.730. The molecular weight excluding hydrogens is 486 g/mol. The lowest BCUT2D eigenvalue weighted by molar-refractivity contribution is -0.0440. The Bertz CT molecular complexity index is 1410. The molecule has 0 spiro atoms. The summed E-state index contributed by atoms with van der Waals surface area (Å²) < 4.78 is 57.0. The molecule has 2 heterocycles. The van der Waals surface area contributed by atoms with Crippen LogP contribution in [0.4, 0.5) is 5.13 Å². The number of thiazole rings is 1. The van der Waals surface area contributed by atoms with Gasteiger partial charge in [0, 0.05) is 24.9 Å². The number of hydrogen-bond acceptors (Lipinski definition) is 8. The SMILES string of the molecule is C[C@@H]1CN(S(=O)(=O)c2ccc(C(=O)Nc3nc4ccc(S(C)(=O)=O)cc4s3)cc2)C[C@H](C)O1. The zero-order valence-electron chi connectivity index (χ0n) is 18.2. The van der Waals surface area contributed by atoms with E-state index in [-0.39, 0.29) is 40.7 Å². The Kier molecular flexibility index (Phi) is 6.31. The van der Waals surface area contributed by atoms with Crippen LogP contribution < -0.4 is 5.32 Å². The van der Waals surface area contributed by atoms with E-state index in [9.17, 15) is 21.6 Å². The van der Waals surface area contributed by atoms with E-state index in [4.69, 9.17) is 4.74 Å². The number of carbonyl (C=O) groups excluding carboxylic acids is 1. The van der Waals surface area contributed by atoms with Gasteiger partial charge in [-0.1, -0.05) is 11.3 Å². The molecule has 1 fully saturated rings. The summed E-state index contributed by atoms with van der Waals surface area (Å²) >= 11 is 1.16. The third-order valence-corrected chi connectivity index (χ3v) is 9.04. The Hall–Kier alpha value is -2.38. The Labute approximate surface area is 196 Å². The molecule has 33 heavy (non-hydrogen) atoms. The minimum atomic E-state index is -3.70. The van der Waals surface area contributed by atoms with E-state index in [1.165, 1.54) is 40.7 Å². The lowest BCUT2D eigenvalue weighted by Gasteiger charge is -2.34. The van der Waals surface area contributed by atoms with E-state index in [0.717, 1.165) is 17.6 Å². The second-order valence-corrected chi connectivity index (χ2v) is 13.0. The summed E-state index contributed by atoms with van der Waals surface area (Å²) in [5.41, 5.74) is 0.840. The van der Waals surface area contributed by atoms with Crippen LogP contribution in [-0.2, 0) is 24.6 Å². The number of aromatic nitrogens is 1. The van der Waals surface area contributed by atoms with Crippen molar-refractivity contribution in [2.24, 2.45) is 0 Å². The normalized spacial score (nSPS) is 20.1. The van der Waals surface area contributed by atoms with Crippen molar-refractivity contribution in [3.63, 3.8) is 0 Å². The topological polar surface area (TPSA) is 123 Å². The summed E-state index contributed by atoms with van der Waals surface area (Å²) in [5, 5.41) is 3.00. The largest absolute Gasteiger partial charge is 0.373 e. The first-order valence-corrected chi connectivity index (χ1v) is 14.3. The Morgan fingerprint density at radius 3 is 2.24 bits per heavy atom. The minimum absolute atomic E-state index is 0.105. The molecule has 176 valence electrons. The molecule has 1 saturated heterocycles. The van der Waals surface area contributed by atoms with E-state index in [1.54, 1.807) is 6.07 Å². The van der Waals surface area contributed by atoms with Crippen molar-refractivity contribution in [1.29, 1.82) is 0 Å². The van der Waals surface area contributed by atoms with Crippen LogP contribution in [0.1, 0.15) is 24.2 Å². The molecule has 1 aliphatic heterocycles. The van der Waals surface area contributed by atoms with Gasteiger partial charge in [-0.3, -0.25) is 10.1 Å². The fraction of sp³-hybridized carbons (Fsp3) is 0.333. The van der Waals surface area contributed by atoms with E-state index in [0.29, 0.717) is 15.3 Å². The zero-order chi connectivity index (χ0) is 24.0. The lowest BCUT2D eigenvalue weighted by atomic mass is 10.2. The molecule has 9 nitrogen and oxygen atoms in total. The van der Waals surface area contributed by atoms with Gasteiger partial charge in [0.1, 0.15) is 0 Å². The highest BCUT2D eigenvalue weighted by molar-refractivity contribution is 7.90. The fourth-order valence-electron chi connectivity index (χ4n) is 3.61. The maximum atomic E-state index is 13.0. The number of sulfone groups is 1. The molecule has 0 radical (unpaired) electrons. The molecule has 0 unspecified atom stereocenters. The predicted octanol–water partition coefficient (Wildman–Crippen LogP) is 2.75. The highest BCUT2D eigenvalue weighted by Crippen LogP contribution is 2.29. The summed E-state index contributed by atoms with van der Waals surface area (Å²) in [5.74, 6) is -0.449. The zero-order valence-corrected chi connectivity index (χ0v) is 20.6. The second-order valence-electron chi connectivity index (χ2n) is 7.98. The number of carbonyl (C=O) groups is 1. The Morgan fingerprint density at radius 2 is 1.64 bits per heavy atom. The van der Waals surface area contributed by atoms with Gasteiger partial charge in [0.2, 0.25) is 10.0 Å². The van der Waals surface area contributed by atoms with Gasteiger partial charge in [-0.15, -0.1) is 0 Å². The molecule has 4 rings (SSSR count). The number of hydrogen-bond donors (Lipinski definition) is 1. The summed E-state index contributed by atoms with van der Waals surface area (Å²) in [6.45, 7) is 4.20. The maximum absolute atomic E-state index is 13.0. The molecule has 1 N–H and O–H groups in total. The van der Waals surface area contributed by atoms with Gasteiger partial charge in [0.25, 0.3) is 5.91 Å². The molecule has 0 aliphatic carbocycles. The number of fused-ring (bicyclic) bond motifs is 1. The number of ether oxygens (including phenoxy) is 1. The predicted molar refractivity (Wildman–Crippen MR) is 126 cm³/mol. The Morgan fingerprint density at radius 1 is 1.03 bits per heavy atom. The molecule has 0 saturated carbocycles. The van der Waals surface area contributed by atoms with Gasteiger partial charge < -0.3 is 4.74 Å². The van der Waals surface area contributed by atoms with E-state index in [2.05, 4.69) is 10.3 Å². The van der Waals surface area contributed by atoms with Crippen molar-refractivity contribution in [3.05, 3.63) is 48.0 Å². The van der Waals surface area contributed by atoms with E-state index < -0.39 is 25.8 Å². The molecule has 1 aromatic heterocycles. The lowest BCUT2D eigenvalue weighted by Crippen LogP contribution is -2.48. The Balaban J connectivity index is 1.50. The van der Waals surface area contributed by atoms with Gasteiger partial charge in [-0.05, 0) is 56.3 Å². The maximum Gasteiger partial charge on any atom is 0.257 e. The number of benzene rings is 2. The number of anilines is 1. The third-order valence-electron chi connectivity index (χ3n) is 5.15. The first kappa shape index (κ1) is 23.8. The molecule has 2 atom stereocenters. The van der Waals surface area contributed by atoms with Crippen LogP contribution in [0.3, 0.4) is 0 Å². The number of rotatable bonds is 5. The number of amides is 1. The van der Waals surface area contributed by atoms with Crippen molar-refractivity contribution in [2.75, 3.05) is 24.7 Å². The molecule has 1 aliphatic rings. The quantitative estimate of drug-likeness (QED) is 0.561. The van der Waals surface area contributed by atoms with Gasteiger partial charge in [0.15, 0.2) is 15.0 Å². The second kappa shape index (κ2) is 8.76. The summed E-state index contributed by atoms with van der Waals surface area (Å²) in [4.78, 5) is 17.2. The number of nitrogens with zero attached hydrogens (tertiary/aromatic N) is 2. The van der Waals surface area contributed by atoms with Crippen molar-refractivity contribution in [3.8, 4) is 0 Å². The average Bonchev–Trinajstić information content (AvgIpc) is 3.14. The van der Waals surface area contributed by atoms with E-state index >= 15 is 0 Å². The van der Waals surface area contributed by atoms with Crippen LogP contribution in [0, 0.1) is 0 Å². The van der Waals surface area contributed by atoms with Crippen molar-refractivity contribution >= 4 is 52.5 Å². The monoisotopic (exact) mass is 509 g/mol. The molecule has 12 heteroatoms. The standard InChI is InChI=1S/C21H23N3O6S3/c1-13-11-24(12-14(2)30-13)33(28,29)16-6-4-15(5-7-16)20(25)23-21-22-18-9-8-17(32(3,26)27)10-19(18)31-21/h4-10,13-14H,11-12H2,1-3H3,(H,22,23,25)/t13-,14+. The first-order valence-electron chi connectivity index (χ1n) is 10.1. The molecule has 1 amide bonds.